The molecule has 0 saturated heterocycles. The number of nitrogen functional groups attached to an aromatic ring is 1. The maximum Gasteiger partial charge on any atom is 0.421 e. The fourth-order valence-corrected chi connectivity index (χ4v) is 3.20. The van der Waals surface area contributed by atoms with Gasteiger partial charge in [0.1, 0.15) is 0 Å². The number of aryl methyl sites for hydroxylation is 1. The summed E-state index contributed by atoms with van der Waals surface area (Å²) < 4.78 is 32.4. The summed E-state index contributed by atoms with van der Waals surface area (Å²) in [6.45, 7) is 1.70. The molecule has 0 spiro atoms. The molecule has 20 heavy (non-hydrogen) atoms. The van der Waals surface area contributed by atoms with Gasteiger partial charge in [-0.2, -0.15) is 13.1 Å². The predicted molar refractivity (Wildman–Crippen MR) is 74.1 cm³/mol. The van der Waals surface area contributed by atoms with Gasteiger partial charge in [-0.25, -0.2) is 9.52 Å². The van der Waals surface area contributed by atoms with Crippen LogP contribution in [0.2, 0.25) is 0 Å². The molecule has 0 heterocycles. The van der Waals surface area contributed by atoms with Crippen LogP contribution >= 0.6 is 0 Å². The van der Waals surface area contributed by atoms with Crippen LogP contribution in [0.3, 0.4) is 0 Å². The highest BCUT2D eigenvalue weighted by Gasteiger charge is 2.27. The van der Waals surface area contributed by atoms with Gasteiger partial charge in [-0.05, 0) is 43.0 Å². The lowest BCUT2D eigenvalue weighted by Crippen LogP contribution is -2.41. The van der Waals surface area contributed by atoms with Crippen molar-refractivity contribution < 1.29 is 17.9 Å². The van der Waals surface area contributed by atoms with Gasteiger partial charge in [0.2, 0.25) is 0 Å². The quantitative estimate of drug-likeness (QED) is 0.713. The zero-order valence-electron chi connectivity index (χ0n) is 11.0. The summed E-state index contributed by atoms with van der Waals surface area (Å²) in [4.78, 5) is 11.2. The molecule has 8 heteroatoms. The summed E-state index contributed by atoms with van der Waals surface area (Å²) in [5, 5.41) is 0. The Bertz CT molecular complexity index is 615. The third-order valence-corrected chi connectivity index (χ3v) is 4.07. The van der Waals surface area contributed by atoms with E-state index >= 15 is 0 Å². The summed E-state index contributed by atoms with van der Waals surface area (Å²) in [5.74, 6) is 0. The van der Waals surface area contributed by atoms with Crippen molar-refractivity contribution in [1.82, 2.24) is 9.44 Å². The van der Waals surface area contributed by atoms with Gasteiger partial charge < -0.3 is 10.5 Å². The van der Waals surface area contributed by atoms with E-state index in [9.17, 15) is 13.2 Å². The molecule has 1 aromatic carbocycles. The number of ether oxygens (including phenoxy) is 1. The molecule has 0 bridgehead atoms. The third-order valence-electron chi connectivity index (χ3n) is 3.04. The first-order valence-electron chi connectivity index (χ1n) is 6.26. The number of rotatable bonds is 4. The molecule has 1 aromatic rings. The van der Waals surface area contributed by atoms with E-state index in [1.165, 1.54) is 0 Å². The van der Waals surface area contributed by atoms with Crippen molar-refractivity contribution >= 4 is 22.0 Å². The second-order valence-corrected chi connectivity index (χ2v) is 5.94. The molecule has 0 aliphatic heterocycles. The molecule has 1 aliphatic carbocycles. The number of fused-ring (bicyclic) bond motifs is 1. The number of anilines is 1. The number of amides is 1. The van der Waals surface area contributed by atoms with Crippen molar-refractivity contribution in [3.63, 3.8) is 0 Å². The molecule has 1 atom stereocenters. The number of benzene rings is 1. The predicted octanol–water partition coefficient (Wildman–Crippen LogP) is 0.837. The number of hydrogen-bond donors (Lipinski definition) is 3. The van der Waals surface area contributed by atoms with E-state index in [2.05, 4.69) is 9.46 Å². The minimum atomic E-state index is -3.95. The molecule has 4 N–H and O–H groups in total. The maximum atomic E-state index is 11.8. The highest BCUT2D eigenvalue weighted by Crippen LogP contribution is 2.32. The van der Waals surface area contributed by atoms with Crippen LogP contribution in [0.5, 0.6) is 0 Å². The summed E-state index contributed by atoms with van der Waals surface area (Å²) >= 11 is 0. The number of carbonyl (C=O) groups excluding carboxylic acids is 1. The molecule has 0 radical (unpaired) electrons. The number of nitrogens with two attached hydrogens (primary N) is 1. The summed E-state index contributed by atoms with van der Waals surface area (Å²) in [7, 11) is -3.95. The van der Waals surface area contributed by atoms with E-state index < -0.39 is 16.3 Å². The van der Waals surface area contributed by atoms with Gasteiger partial charge in [-0.3, -0.25) is 0 Å². The minimum Gasteiger partial charge on any atom is -0.449 e. The second-order valence-electron chi connectivity index (χ2n) is 4.49. The Morgan fingerprint density at radius 2 is 2.25 bits per heavy atom. The Balaban J connectivity index is 2.07. The Hall–Kier alpha value is -1.80. The van der Waals surface area contributed by atoms with Crippen LogP contribution < -0.4 is 15.2 Å². The topological polar surface area (TPSA) is 111 Å². The van der Waals surface area contributed by atoms with Gasteiger partial charge in [0.25, 0.3) is 0 Å². The maximum absolute atomic E-state index is 11.8. The van der Waals surface area contributed by atoms with E-state index in [-0.39, 0.29) is 12.6 Å². The molecule has 0 aromatic heterocycles. The molecule has 1 amide bonds. The lowest BCUT2D eigenvalue weighted by Gasteiger charge is -2.14. The van der Waals surface area contributed by atoms with Crippen LogP contribution in [0.25, 0.3) is 0 Å². The van der Waals surface area contributed by atoms with Crippen LogP contribution in [0.4, 0.5) is 10.5 Å². The molecular weight excluding hydrogens is 282 g/mol. The van der Waals surface area contributed by atoms with Gasteiger partial charge in [-0.15, -0.1) is 0 Å². The molecular formula is C12H17N3O4S. The first-order chi connectivity index (χ1) is 9.41. The normalized spacial score (nSPS) is 17.6. The average molecular weight is 299 g/mol. The van der Waals surface area contributed by atoms with E-state index in [1.54, 1.807) is 23.8 Å². The highest BCUT2D eigenvalue weighted by molar-refractivity contribution is 7.88. The Kier molecular flexibility index (Phi) is 4.15. The van der Waals surface area contributed by atoms with Crippen molar-refractivity contribution in [1.29, 1.82) is 0 Å². The van der Waals surface area contributed by atoms with Crippen LogP contribution in [0.1, 0.15) is 30.5 Å². The SMILES string of the molecule is CCOC(=O)NS(=O)(=O)NC1CCc2cc(N)ccc21. The zero-order valence-corrected chi connectivity index (χ0v) is 11.9. The summed E-state index contributed by atoms with van der Waals surface area (Å²) in [6, 6.07) is 5.00. The molecule has 1 aliphatic rings. The van der Waals surface area contributed by atoms with E-state index in [0.29, 0.717) is 12.1 Å². The zero-order chi connectivity index (χ0) is 14.8. The molecule has 0 saturated carbocycles. The van der Waals surface area contributed by atoms with Crippen LogP contribution in [-0.2, 0) is 21.4 Å². The van der Waals surface area contributed by atoms with Gasteiger partial charge in [-0.1, -0.05) is 6.07 Å². The van der Waals surface area contributed by atoms with Crippen molar-refractivity contribution in [2.24, 2.45) is 0 Å². The summed E-state index contributed by atoms with van der Waals surface area (Å²) in [6.07, 6.45) is 0.380. The van der Waals surface area contributed by atoms with Crippen molar-refractivity contribution in [3.8, 4) is 0 Å². The van der Waals surface area contributed by atoms with Crippen molar-refractivity contribution in [2.45, 2.75) is 25.8 Å². The fraction of sp³-hybridized carbons (Fsp3) is 0.417. The molecule has 7 nitrogen and oxygen atoms in total. The minimum absolute atomic E-state index is 0.104. The number of nitrogens with one attached hydrogen (secondary N) is 2. The first-order valence-corrected chi connectivity index (χ1v) is 7.74. The standard InChI is InChI=1S/C12H17N3O4S/c1-2-19-12(16)15-20(17,18)14-11-6-3-8-7-9(13)4-5-10(8)11/h4-5,7,11,14H,2-3,6,13H2,1H3,(H,15,16). The number of carbonyl (C=O) groups is 1. The first kappa shape index (κ1) is 14.6. The van der Waals surface area contributed by atoms with Gasteiger partial charge in [0.15, 0.2) is 0 Å². The second kappa shape index (κ2) is 5.68. The molecule has 2 rings (SSSR count). The van der Waals surface area contributed by atoms with E-state index in [0.717, 1.165) is 17.5 Å². The van der Waals surface area contributed by atoms with Crippen LogP contribution in [-0.4, -0.2) is 21.1 Å². The van der Waals surface area contributed by atoms with Crippen LogP contribution in [0, 0.1) is 0 Å². The van der Waals surface area contributed by atoms with Crippen molar-refractivity contribution in [3.05, 3.63) is 29.3 Å². The Labute approximate surface area is 117 Å². The Morgan fingerprint density at radius 1 is 1.50 bits per heavy atom. The molecule has 0 fully saturated rings. The average Bonchev–Trinajstić information content (AvgIpc) is 2.70. The lowest BCUT2D eigenvalue weighted by atomic mass is 10.1. The number of hydrogen-bond acceptors (Lipinski definition) is 5. The van der Waals surface area contributed by atoms with Gasteiger partial charge in [0.05, 0.1) is 6.61 Å². The monoisotopic (exact) mass is 299 g/mol. The Morgan fingerprint density at radius 3 is 2.95 bits per heavy atom. The largest absolute Gasteiger partial charge is 0.449 e. The van der Waals surface area contributed by atoms with E-state index in [4.69, 9.17) is 5.73 Å². The molecule has 110 valence electrons. The van der Waals surface area contributed by atoms with Gasteiger partial charge in [0, 0.05) is 11.7 Å². The molecule has 1 unspecified atom stereocenters. The smallest absolute Gasteiger partial charge is 0.421 e. The summed E-state index contributed by atoms with van der Waals surface area (Å²) in [5.41, 5.74) is 8.25. The lowest BCUT2D eigenvalue weighted by molar-refractivity contribution is 0.158. The van der Waals surface area contributed by atoms with E-state index in [1.807, 2.05) is 6.07 Å². The van der Waals surface area contributed by atoms with Crippen LogP contribution in [0.15, 0.2) is 18.2 Å². The van der Waals surface area contributed by atoms with Gasteiger partial charge >= 0.3 is 16.3 Å². The van der Waals surface area contributed by atoms with Crippen molar-refractivity contribution in [2.75, 3.05) is 12.3 Å². The highest BCUT2D eigenvalue weighted by atomic mass is 32.2. The third kappa shape index (κ3) is 3.40. The fourth-order valence-electron chi connectivity index (χ4n) is 2.25.